The van der Waals surface area contributed by atoms with Crippen molar-refractivity contribution in [2.24, 2.45) is 0 Å². The van der Waals surface area contributed by atoms with Gasteiger partial charge in [-0.3, -0.25) is 0 Å². The van der Waals surface area contributed by atoms with Crippen LogP contribution in [0.2, 0.25) is 0 Å². The summed E-state index contributed by atoms with van der Waals surface area (Å²) in [7, 11) is -4.34. The van der Waals surface area contributed by atoms with Gasteiger partial charge in [0.05, 0.1) is 19.8 Å². The molecule has 1 N–H and O–H groups in total. The van der Waals surface area contributed by atoms with E-state index >= 15 is 4.39 Å². The van der Waals surface area contributed by atoms with Crippen molar-refractivity contribution in [2.45, 2.75) is 98.2 Å². The fourth-order valence-electron chi connectivity index (χ4n) is 6.87. The Morgan fingerprint density at radius 2 is 1.45 bits per heavy atom. The van der Waals surface area contributed by atoms with Gasteiger partial charge in [-0.25, -0.2) is 4.39 Å². The minimum absolute atomic E-state index is 0.0447. The van der Waals surface area contributed by atoms with Crippen LogP contribution in [-0.4, -0.2) is 33.3 Å². The molecule has 1 aliphatic rings. The Hall–Kier alpha value is -4.19. The number of ether oxygens (including phenoxy) is 3. The number of rotatable bonds is 20. The second-order valence-electron chi connectivity index (χ2n) is 14.0. The smallest absolute Gasteiger partial charge is 0.340 e. The molecule has 296 valence electrons. The number of unbranched alkanes of at least 4 members (excludes halogenated alkanes) is 6. The van der Waals surface area contributed by atoms with Gasteiger partial charge in [0.15, 0.2) is 5.79 Å². The fraction of sp³-hybridized carbons (Fsp3) is 0.348. The number of benzene rings is 5. The molecule has 1 aliphatic heterocycles. The van der Waals surface area contributed by atoms with Crippen molar-refractivity contribution in [2.75, 3.05) is 19.8 Å². The van der Waals surface area contributed by atoms with Gasteiger partial charge in [-0.15, -0.1) is 0 Å². The molecule has 5 aromatic rings. The number of halogens is 1. The number of hydrogen-bond donors (Lipinski definition) is 1. The largest absolute Gasteiger partial charge is 0.494 e. The highest BCUT2D eigenvalue weighted by atomic mass is 32.2. The molecule has 0 aromatic heterocycles. The topological polar surface area (TPSA) is 91.3 Å². The molecule has 0 aliphatic carbocycles. The number of aliphatic hydroxyl groups excluding tert-OH is 1. The van der Waals surface area contributed by atoms with Crippen LogP contribution in [0.5, 0.6) is 11.5 Å². The monoisotopic (exact) mass is 798 g/mol. The van der Waals surface area contributed by atoms with E-state index in [4.69, 9.17) is 18.4 Å². The maximum absolute atomic E-state index is 15.7. The van der Waals surface area contributed by atoms with Crippen molar-refractivity contribution in [3.8, 4) is 22.6 Å². The molecule has 1 unspecified atom stereocenters. The van der Waals surface area contributed by atoms with Crippen LogP contribution < -0.4 is 8.92 Å². The van der Waals surface area contributed by atoms with Crippen molar-refractivity contribution in [3.63, 3.8) is 0 Å². The van der Waals surface area contributed by atoms with E-state index in [0.717, 1.165) is 42.7 Å². The summed E-state index contributed by atoms with van der Waals surface area (Å²) in [5.41, 5.74) is 2.20. The summed E-state index contributed by atoms with van der Waals surface area (Å²) in [6.45, 7) is 5.79. The molecule has 6 rings (SSSR count). The molecule has 56 heavy (non-hydrogen) atoms. The van der Waals surface area contributed by atoms with Crippen molar-refractivity contribution in [3.05, 3.63) is 138 Å². The van der Waals surface area contributed by atoms with Gasteiger partial charge in [-0.2, -0.15) is 8.42 Å². The Balaban J connectivity index is 1.32. The number of para-hydroxylation sites is 1. The first-order valence-corrected chi connectivity index (χ1v) is 21.8. The summed E-state index contributed by atoms with van der Waals surface area (Å²) in [4.78, 5) is 1.22. The molecule has 0 saturated carbocycles. The molecule has 5 aromatic carbocycles. The molecule has 1 atom stereocenters. The number of hydrogen-bond acceptors (Lipinski definition) is 8. The molecule has 1 fully saturated rings. The lowest BCUT2D eigenvalue weighted by molar-refractivity contribution is -0.171. The van der Waals surface area contributed by atoms with Crippen LogP contribution in [0, 0.1) is 5.82 Å². The van der Waals surface area contributed by atoms with Gasteiger partial charge in [0.2, 0.25) is 0 Å². The molecule has 0 amide bonds. The lowest BCUT2D eigenvalue weighted by Crippen LogP contribution is -2.27. The summed E-state index contributed by atoms with van der Waals surface area (Å²) < 4.78 is 67.6. The van der Waals surface area contributed by atoms with Gasteiger partial charge in [0, 0.05) is 27.3 Å². The van der Waals surface area contributed by atoms with Crippen molar-refractivity contribution in [1.29, 1.82) is 0 Å². The van der Waals surface area contributed by atoms with Gasteiger partial charge >= 0.3 is 10.1 Å². The third-order valence-corrected chi connectivity index (χ3v) is 12.4. The standard InChI is InChI=1S/C46H51FO7S2/c1-3-5-7-8-9-15-28-46(52-30-31-53-46)35-21-26-42(47)41(33-35)45(48)40-19-14-13-18-39(40)34-20-27-43(55-38-24-22-36(23-25-38)51-29-6-4-2)44(32-34)56(49,50)54-37-16-11-10-12-17-37/h10-14,16-27,32-33,45,48H,3-9,15,28-31H2,1-2H3. The van der Waals surface area contributed by atoms with E-state index in [0.29, 0.717) is 53.4 Å². The Labute approximate surface area is 335 Å². The van der Waals surface area contributed by atoms with E-state index in [9.17, 15) is 13.5 Å². The van der Waals surface area contributed by atoms with Crippen LogP contribution in [0.3, 0.4) is 0 Å². The first-order chi connectivity index (χ1) is 27.2. The molecule has 0 spiro atoms. The summed E-state index contributed by atoms with van der Waals surface area (Å²) in [6, 6.07) is 32.7. The van der Waals surface area contributed by atoms with Gasteiger partial charge in [0.25, 0.3) is 0 Å². The lowest BCUT2D eigenvalue weighted by Gasteiger charge is -2.29. The van der Waals surface area contributed by atoms with Crippen LogP contribution in [0.4, 0.5) is 4.39 Å². The summed E-state index contributed by atoms with van der Waals surface area (Å²) in [6.07, 6.45) is 7.89. The van der Waals surface area contributed by atoms with Crippen LogP contribution >= 0.6 is 11.8 Å². The summed E-state index contributed by atoms with van der Waals surface area (Å²) in [5, 5.41) is 11.9. The van der Waals surface area contributed by atoms with Gasteiger partial charge in [0.1, 0.15) is 28.3 Å². The van der Waals surface area contributed by atoms with Crippen LogP contribution in [-0.2, 0) is 25.4 Å². The molecule has 1 saturated heterocycles. The van der Waals surface area contributed by atoms with E-state index in [1.165, 1.54) is 37.1 Å². The SMILES string of the molecule is CCCCCCCCC1(c2ccc(F)c(C(O)c3ccccc3-c3ccc(Sc4ccc(OCCCC)cc4)c(S(=O)(=O)Oc4ccccc4)c3)c2)OCCO1. The second-order valence-corrected chi connectivity index (χ2v) is 16.6. The average molecular weight is 799 g/mol. The first-order valence-electron chi connectivity index (χ1n) is 19.6. The molecule has 0 radical (unpaired) electrons. The van der Waals surface area contributed by atoms with E-state index in [1.54, 1.807) is 84.9 Å². The molecule has 1 heterocycles. The fourth-order valence-corrected chi connectivity index (χ4v) is 9.17. The van der Waals surface area contributed by atoms with E-state index in [1.807, 2.05) is 24.3 Å². The van der Waals surface area contributed by atoms with Crippen molar-refractivity contribution in [1.82, 2.24) is 0 Å². The lowest BCUT2D eigenvalue weighted by atomic mass is 9.90. The highest BCUT2D eigenvalue weighted by molar-refractivity contribution is 8.00. The van der Waals surface area contributed by atoms with Crippen molar-refractivity contribution < 1.29 is 36.3 Å². The zero-order valence-corrected chi connectivity index (χ0v) is 33.8. The highest BCUT2D eigenvalue weighted by Gasteiger charge is 2.39. The predicted molar refractivity (Wildman–Crippen MR) is 219 cm³/mol. The normalized spacial score (nSPS) is 14.4. The Morgan fingerprint density at radius 1 is 0.750 bits per heavy atom. The van der Waals surface area contributed by atoms with Crippen molar-refractivity contribution >= 4 is 21.9 Å². The predicted octanol–water partition coefficient (Wildman–Crippen LogP) is 11.6. The quantitative estimate of drug-likeness (QED) is 0.0615. The van der Waals surface area contributed by atoms with Crippen LogP contribution in [0.25, 0.3) is 11.1 Å². The van der Waals surface area contributed by atoms with E-state index in [-0.39, 0.29) is 16.2 Å². The van der Waals surface area contributed by atoms with E-state index < -0.39 is 27.8 Å². The van der Waals surface area contributed by atoms with Gasteiger partial charge < -0.3 is 23.5 Å². The Kier molecular flexibility index (Phi) is 14.6. The average Bonchev–Trinajstić information content (AvgIpc) is 3.70. The maximum atomic E-state index is 15.7. The molecule has 10 heteroatoms. The van der Waals surface area contributed by atoms with E-state index in [2.05, 4.69) is 13.8 Å². The van der Waals surface area contributed by atoms with Gasteiger partial charge in [-0.05, 0) is 90.2 Å². The second kappa shape index (κ2) is 19.8. The maximum Gasteiger partial charge on any atom is 0.340 e. The minimum Gasteiger partial charge on any atom is -0.494 e. The van der Waals surface area contributed by atoms with Crippen LogP contribution in [0.15, 0.2) is 130 Å². The Morgan fingerprint density at radius 3 is 2.20 bits per heavy atom. The molecule has 7 nitrogen and oxygen atoms in total. The summed E-state index contributed by atoms with van der Waals surface area (Å²) in [5.74, 6) is -0.661. The zero-order chi connectivity index (χ0) is 39.4. The third-order valence-electron chi connectivity index (χ3n) is 9.89. The molecule has 0 bridgehead atoms. The summed E-state index contributed by atoms with van der Waals surface area (Å²) >= 11 is 1.29. The zero-order valence-electron chi connectivity index (χ0n) is 32.1. The Bertz CT molecular complexity index is 2120. The van der Waals surface area contributed by atoms with Crippen LogP contribution in [0.1, 0.15) is 94.4 Å². The first kappa shape index (κ1) is 41.4. The molecular formula is C46H51FO7S2. The molecular weight excluding hydrogens is 748 g/mol. The van der Waals surface area contributed by atoms with Gasteiger partial charge in [-0.1, -0.05) is 119 Å². The third kappa shape index (κ3) is 10.4. The minimum atomic E-state index is -4.34. The number of aliphatic hydroxyl groups is 1. The highest BCUT2D eigenvalue weighted by Crippen LogP contribution is 2.42.